The number of carboxylic acid groups (broad SMARTS) is 1. The highest BCUT2D eigenvalue weighted by Gasteiger charge is 2.19. The van der Waals surface area contributed by atoms with Crippen LogP contribution in [-0.2, 0) is 6.61 Å². The summed E-state index contributed by atoms with van der Waals surface area (Å²) in [5.41, 5.74) is 4.14. The number of ether oxygens (including phenoxy) is 2. The van der Waals surface area contributed by atoms with Crippen molar-refractivity contribution in [2.24, 2.45) is 0 Å². The summed E-state index contributed by atoms with van der Waals surface area (Å²) < 4.78 is 50.9. The predicted molar refractivity (Wildman–Crippen MR) is 125 cm³/mol. The Morgan fingerprint density at radius 3 is 2.34 bits per heavy atom. The van der Waals surface area contributed by atoms with Crippen LogP contribution in [0.2, 0.25) is 0 Å². The van der Waals surface area contributed by atoms with Crippen LogP contribution in [0.15, 0.2) is 72.8 Å². The van der Waals surface area contributed by atoms with Gasteiger partial charge in [-0.25, -0.2) is 9.18 Å². The summed E-state index contributed by atoms with van der Waals surface area (Å²) in [5, 5.41) is 9.55. The summed E-state index contributed by atoms with van der Waals surface area (Å²) in [6.07, 6.45) is 0. The van der Waals surface area contributed by atoms with Crippen LogP contribution >= 0.6 is 0 Å². The number of nitrogens with zero attached hydrogens (tertiary/aromatic N) is 1. The number of aromatic nitrogens is 1. The maximum absolute atomic E-state index is 13.2. The molecule has 0 spiro atoms. The summed E-state index contributed by atoms with van der Waals surface area (Å²) in [6.45, 7) is 0.865. The second-order valence-corrected chi connectivity index (χ2v) is 7.97. The summed E-state index contributed by atoms with van der Waals surface area (Å²) in [4.78, 5) is 11.7. The van der Waals surface area contributed by atoms with Crippen LogP contribution in [0.25, 0.3) is 16.9 Å². The smallest absolute Gasteiger partial charge is 0.387 e. The zero-order chi connectivity index (χ0) is 25.1. The van der Waals surface area contributed by atoms with Gasteiger partial charge in [0.25, 0.3) is 0 Å². The Labute approximate surface area is 200 Å². The van der Waals surface area contributed by atoms with Gasteiger partial charge in [0.2, 0.25) is 0 Å². The zero-order valence-corrected chi connectivity index (χ0v) is 19.0. The van der Waals surface area contributed by atoms with Gasteiger partial charge in [0.1, 0.15) is 29.5 Å². The Kier molecular flexibility index (Phi) is 6.82. The van der Waals surface area contributed by atoms with Crippen LogP contribution in [-0.4, -0.2) is 22.3 Å². The average Bonchev–Trinajstić information content (AvgIpc) is 3.20. The van der Waals surface area contributed by atoms with Crippen molar-refractivity contribution < 1.29 is 32.5 Å². The molecule has 4 aromatic rings. The Morgan fingerprint density at radius 2 is 1.66 bits per heavy atom. The lowest BCUT2D eigenvalue weighted by atomic mass is 10.1. The van der Waals surface area contributed by atoms with Crippen LogP contribution in [0.3, 0.4) is 0 Å². The Bertz CT molecular complexity index is 1360. The molecule has 5 nitrogen and oxygen atoms in total. The highest BCUT2D eigenvalue weighted by atomic mass is 19.3. The number of alkyl halides is 2. The molecule has 0 atom stereocenters. The molecule has 0 aliphatic heterocycles. The van der Waals surface area contributed by atoms with E-state index in [1.54, 1.807) is 12.1 Å². The van der Waals surface area contributed by atoms with E-state index in [9.17, 15) is 23.1 Å². The van der Waals surface area contributed by atoms with E-state index < -0.39 is 18.3 Å². The van der Waals surface area contributed by atoms with Crippen molar-refractivity contribution in [2.45, 2.75) is 27.1 Å². The summed E-state index contributed by atoms with van der Waals surface area (Å²) in [6, 6.07) is 19.5. The largest absolute Gasteiger partial charge is 0.488 e. The molecule has 0 radical (unpaired) electrons. The lowest BCUT2D eigenvalue weighted by Gasteiger charge is -2.18. The first-order valence-corrected chi connectivity index (χ1v) is 10.7. The molecular formula is C27H22F3NO4. The van der Waals surface area contributed by atoms with E-state index in [1.807, 2.05) is 48.7 Å². The molecule has 1 aromatic heterocycles. The van der Waals surface area contributed by atoms with Crippen molar-refractivity contribution in [3.63, 3.8) is 0 Å². The summed E-state index contributed by atoms with van der Waals surface area (Å²) >= 11 is 0. The summed E-state index contributed by atoms with van der Waals surface area (Å²) in [5.74, 6) is -1.55. The first-order chi connectivity index (χ1) is 16.7. The fourth-order valence-corrected chi connectivity index (χ4v) is 3.83. The van der Waals surface area contributed by atoms with Crippen molar-refractivity contribution in [1.29, 1.82) is 0 Å². The van der Waals surface area contributed by atoms with E-state index in [4.69, 9.17) is 4.74 Å². The number of carboxylic acids is 1. The molecule has 0 aliphatic carbocycles. The third kappa shape index (κ3) is 5.32. The van der Waals surface area contributed by atoms with Crippen LogP contribution in [0.4, 0.5) is 13.2 Å². The molecule has 1 heterocycles. The van der Waals surface area contributed by atoms with Crippen molar-refractivity contribution >= 4 is 5.97 Å². The average molecular weight is 481 g/mol. The number of benzene rings is 3. The highest BCUT2D eigenvalue weighted by Crippen LogP contribution is 2.36. The number of hydrogen-bond acceptors (Lipinski definition) is 3. The van der Waals surface area contributed by atoms with Crippen molar-refractivity contribution in [2.75, 3.05) is 0 Å². The lowest BCUT2D eigenvalue weighted by Crippen LogP contribution is -2.09. The number of aromatic carboxylic acids is 1. The Hall–Kier alpha value is -4.20. The first kappa shape index (κ1) is 23.9. The second kappa shape index (κ2) is 9.97. The maximum atomic E-state index is 13.2. The molecule has 35 heavy (non-hydrogen) atoms. The van der Waals surface area contributed by atoms with E-state index >= 15 is 0 Å². The van der Waals surface area contributed by atoms with Gasteiger partial charge in [0, 0.05) is 16.9 Å². The van der Waals surface area contributed by atoms with Gasteiger partial charge in [0.05, 0.1) is 5.69 Å². The van der Waals surface area contributed by atoms with Crippen LogP contribution in [0, 0.1) is 19.7 Å². The molecule has 180 valence electrons. The van der Waals surface area contributed by atoms with Crippen molar-refractivity contribution in [3.05, 3.63) is 101 Å². The van der Waals surface area contributed by atoms with Crippen LogP contribution in [0.1, 0.15) is 27.2 Å². The van der Waals surface area contributed by atoms with Gasteiger partial charge in [-0.1, -0.05) is 23.8 Å². The number of rotatable bonds is 8. The minimum absolute atomic E-state index is 0.221. The normalized spacial score (nSPS) is 11.0. The molecule has 0 saturated heterocycles. The molecule has 0 amide bonds. The summed E-state index contributed by atoms with van der Waals surface area (Å²) in [7, 11) is 0. The Morgan fingerprint density at radius 1 is 0.943 bits per heavy atom. The Balaban J connectivity index is 1.76. The maximum Gasteiger partial charge on any atom is 0.387 e. The van der Waals surface area contributed by atoms with Gasteiger partial charge < -0.3 is 19.1 Å². The standard InChI is InChI=1S/C27H22F3NO4/c1-16-3-11-24(34-15-18-5-7-19(28)8-6-18)21(13-16)23-10-4-17(2)31(23)20-9-12-25(35-27(29)30)22(14-20)26(32)33/h3-14,27H,15H2,1-2H3,(H,32,33). The molecule has 0 aliphatic rings. The van der Waals surface area contributed by atoms with Gasteiger partial charge in [0.15, 0.2) is 0 Å². The van der Waals surface area contributed by atoms with Gasteiger partial charge in [-0.15, -0.1) is 0 Å². The molecule has 0 unspecified atom stereocenters. The molecule has 3 aromatic carbocycles. The first-order valence-electron chi connectivity index (χ1n) is 10.7. The SMILES string of the molecule is Cc1ccc(OCc2ccc(F)cc2)c(-c2ccc(C)n2-c2ccc(OC(F)F)c(C(=O)O)c2)c1. The number of aryl methyl sites for hydroxylation is 2. The van der Waals surface area contributed by atoms with Crippen LogP contribution < -0.4 is 9.47 Å². The van der Waals surface area contributed by atoms with Crippen molar-refractivity contribution in [3.8, 4) is 28.4 Å². The second-order valence-electron chi connectivity index (χ2n) is 7.97. The fraction of sp³-hybridized carbons (Fsp3) is 0.148. The third-order valence-corrected chi connectivity index (χ3v) is 5.46. The molecule has 1 N–H and O–H groups in total. The van der Waals surface area contributed by atoms with E-state index in [2.05, 4.69) is 4.74 Å². The lowest BCUT2D eigenvalue weighted by molar-refractivity contribution is -0.0503. The zero-order valence-electron chi connectivity index (χ0n) is 19.0. The minimum Gasteiger partial charge on any atom is -0.488 e. The third-order valence-electron chi connectivity index (χ3n) is 5.46. The topological polar surface area (TPSA) is 60.7 Å². The molecular weight excluding hydrogens is 459 g/mol. The number of carbonyl (C=O) groups is 1. The van der Waals surface area contributed by atoms with E-state index in [0.29, 0.717) is 11.4 Å². The van der Waals surface area contributed by atoms with Gasteiger partial charge in [-0.2, -0.15) is 8.78 Å². The van der Waals surface area contributed by atoms with Crippen molar-refractivity contribution in [1.82, 2.24) is 4.57 Å². The molecule has 8 heteroatoms. The molecule has 0 fully saturated rings. The quantitative estimate of drug-likeness (QED) is 0.301. The van der Waals surface area contributed by atoms with Crippen LogP contribution in [0.5, 0.6) is 11.5 Å². The minimum atomic E-state index is -3.14. The molecule has 4 rings (SSSR count). The number of halogens is 3. The van der Waals surface area contributed by atoms with E-state index in [1.165, 1.54) is 30.3 Å². The van der Waals surface area contributed by atoms with Gasteiger partial charge in [-0.05, 0) is 74.0 Å². The highest BCUT2D eigenvalue weighted by molar-refractivity contribution is 5.91. The monoisotopic (exact) mass is 481 g/mol. The number of hydrogen-bond donors (Lipinski definition) is 1. The van der Waals surface area contributed by atoms with Gasteiger partial charge >= 0.3 is 12.6 Å². The van der Waals surface area contributed by atoms with E-state index in [-0.39, 0.29) is 18.0 Å². The molecule has 0 bridgehead atoms. The fourth-order valence-electron chi connectivity index (χ4n) is 3.83. The molecule has 0 saturated carbocycles. The predicted octanol–water partition coefficient (Wildman–Crippen LogP) is 6.78. The van der Waals surface area contributed by atoms with E-state index in [0.717, 1.165) is 28.1 Å². The van der Waals surface area contributed by atoms with Gasteiger partial charge in [-0.3, -0.25) is 0 Å².